The Hall–Kier alpha value is -1.55. The van der Waals surface area contributed by atoms with Gasteiger partial charge in [-0.1, -0.05) is 41.4 Å². The number of rotatable bonds is 3. The van der Waals surface area contributed by atoms with Gasteiger partial charge in [-0.3, -0.25) is 4.79 Å². The molecule has 0 fully saturated rings. The summed E-state index contributed by atoms with van der Waals surface area (Å²) in [6, 6.07) is 10.9. The summed E-state index contributed by atoms with van der Waals surface area (Å²) < 4.78 is 0. The molecule has 3 nitrogen and oxygen atoms in total. The first-order chi connectivity index (χ1) is 10.0. The van der Waals surface area contributed by atoms with E-state index < -0.39 is 6.10 Å². The predicted octanol–water partition coefficient (Wildman–Crippen LogP) is 3.76. The van der Waals surface area contributed by atoms with Gasteiger partial charge in [-0.2, -0.15) is 0 Å². The van der Waals surface area contributed by atoms with Crippen molar-refractivity contribution in [1.29, 1.82) is 0 Å². The van der Waals surface area contributed by atoms with E-state index in [0.29, 0.717) is 28.5 Å². The maximum absolute atomic E-state index is 11.4. The molecule has 0 bridgehead atoms. The van der Waals surface area contributed by atoms with Gasteiger partial charge in [-0.25, -0.2) is 0 Å². The average Bonchev–Trinajstić information content (AvgIpc) is 2.79. The van der Waals surface area contributed by atoms with Crippen LogP contribution >= 0.6 is 23.2 Å². The molecule has 1 unspecified atom stereocenters. The molecule has 0 spiro atoms. The van der Waals surface area contributed by atoms with Crippen molar-refractivity contribution in [1.82, 2.24) is 0 Å². The Bertz CT molecular complexity index is 715. The first kappa shape index (κ1) is 14.4. The van der Waals surface area contributed by atoms with Crippen LogP contribution in [0.2, 0.25) is 10.0 Å². The molecule has 0 saturated heterocycles. The van der Waals surface area contributed by atoms with Crippen molar-refractivity contribution in [2.24, 2.45) is 0 Å². The topological polar surface area (TPSA) is 49.3 Å². The van der Waals surface area contributed by atoms with Gasteiger partial charge in [0.15, 0.2) is 0 Å². The summed E-state index contributed by atoms with van der Waals surface area (Å²) in [5.41, 5.74) is 3.06. The van der Waals surface area contributed by atoms with Gasteiger partial charge in [-0.15, -0.1) is 0 Å². The van der Waals surface area contributed by atoms with Gasteiger partial charge < -0.3 is 10.4 Å². The maximum atomic E-state index is 11.4. The fourth-order valence-corrected chi connectivity index (χ4v) is 3.01. The first-order valence-corrected chi connectivity index (χ1v) is 7.34. The highest BCUT2D eigenvalue weighted by Crippen LogP contribution is 2.34. The zero-order valence-electron chi connectivity index (χ0n) is 11.1. The number of benzene rings is 2. The number of carbonyl (C=O) groups excluding carboxylic acids is 1. The van der Waals surface area contributed by atoms with E-state index in [1.807, 2.05) is 18.2 Å². The average molecular weight is 322 g/mol. The molecule has 1 aliphatic heterocycles. The molecule has 2 aromatic rings. The number of aliphatic hydroxyl groups is 1. The number of carbonyl (C=O) groups is 1. The standard InChI is InChI=1S/C16H13Cl2NO2/c17-12-4-2-1-3-9(12)6-15(20)11-5-10-7-16(21)19-14(10)8-13(11)18/h1-5,8,15,20H,6-7H2,(H,19,21). The first-order valence-electron chi connectivity index (χ1n) is 6.58. The fourth-order valence-electron chi connectivity index (χ4n) is 2.50. The highest BCUT2D eigenvalue weighted by molar-refractivity contribution is 6.32. The summed E-state index contributed by atoms with van der Waals surface area (Å²) in [5, 5.41) is 14.2. The maximum Gasteiger partial charge on any atom is 0.228 e. The van der Waals surface area contributed by atoms with Crippen molar-refractivity contribution in [2.45, 2.75) is 18.9 Å². The van der Waals surface area contributed by atoms with E-state index in [0.717, 1.165) is 16.8 Å². The van der Waals surface area contributed by atoms with E-state index in [9.17, 15) is 9.90 Å². The normalized spacial score (nSPS) is 14.7. The Balaban J connectivity index is 1.89. The highest BCUT2D eigenvalue weighted by atomic mass is 35.5. The van der Waals surface area contributed by atoms with E-state index in [1.54, 1.807) is 18.2 Å². The molecule has 1 heterocycles. The second-order valence-corrected chi connectivity index (χ2v) is 5.88. The van der Waals surface area contributed by atoms with Crippen molar-refractivity contribution in [3.63, 3.8) is 0 Å². The Morgan fingerprint density at radius 3 is 2.71 bits per heavy atom. The number of amides is 1. The number of aliphatic hydroxyl groups excluding tert-OH is 1. The smallest absolute Gasteiger partial charge is 0.228 e. The van der Waals surface area contributed by atoms with E-state index >= 15 is 0 Å². The van der Waals surface area contributed by atoms with Crippen LogP contribution in [0.1, 0.15) is 22.8 Å². The van der Waals surface area contributed by atoms with Crippen molar-refractivity contribution in [2.75, 3.05) is 5.32 Å². The molecule has 0 saturated carbocycles. The Morgan fingerprint density at radius 1 is 1.19 bits per heavy atom. The number of halogens is 2. The van der Waals surface area contributed by atoms with E-state index in [1.165, 1.54) is 0 Å². The Kier molecular flexibility index (Phi) is 3.89. The second-order valence-electron chi connectivity index (χ2n) is 5.07. The molecule has 5 heteroatoms. The van der Waals surface area contributed by atoms with E-state index in [4.69, 9.17) is 23.2 Å². The minimum absolute atomic E-state index is 0.0567. The number of hydrogen-bond acceptors (Lipinski definition) is 2. The lowest BCUT2D eigenvalue weighted by Gasteiger charge is -2.15. The molecular weight excluding hydrogens is 309 g/mol. The van der Waals surface area contributed by atoms with Gasteiger partial charge in [0.05, 0.1) is 12.5 Å². The molecule has 2 aromatic carbocycles. The Morgan fingerprint density at radius 2 is 1.95 bits per heavy atom. The molecule has 2 N–H and O–H groups in total. The molecule has 1 aliphatic rings. The quantitative estimate of drug-likeness (QED) is 0.904. The van der Waals surface area contributed by atoms with Crippen LogP contribution in [-0.2, 0) is 17.6 Å². The summed E-state index contributed by atoms with van der Waals surface area (Å²) in [5.74, 6) is -0.0567. The third-order valence-corrected chi connectivity index (χ3v) is 4.27. The van der Waals surface area contributed by atoms with Gasteiger partial charge in [0.25, 0.3) is 0 Å². The van der Waals surface area contributed by atoms with E-state index in [-0.39, 0.29) is 5.91 Å². The fraction of sp³-hybridized carbons (Fsp3) is 0.188. The van der Waals surface area contributed by atoms with Crippen LogP contribution in [-0.4, -0.2) is 11.0 Å². The minimum atomic E-state index is -0.765. The monoisotopic (exact) mass is 321 g/mol. The van der Waals surface area contributed by atoms with Gasteiger partial charge in [0.2, 0.25) is 5.91 Å². The number of fused-ring (bicyclic) bond motifs is 1. The zero-order valence-corrected chi connectivity index (χ0v) is 12.6. The van der Waals surface area contributed by atoms with Crippen LogP contribution in [0, 0.1) is 0 Å². The van der Waals surface area contributed by atoms with Crippen LogP contribution < -0.4 is 5.32 Å². The van der Waals surface area contributed by atoms with Crippen molar-refractivity contribution >= 4 is 34.8 Å². The summed E-state index contributed by atoms with van der Waals surface area (Å²) in [6.45, 7) is 0. The lowest BCUT2D eigenvalue weighted by atomic mass is 9.98. The largest absolute Gasteiger partial charge is 0.388 e. The lowest BCUT2D eigenvalue weighted by molar-refractivity contribution is -0.115. The van der Waals surface area contributed by atoms with Crippen molar-refractivity contribution in [3.05, 3.63) is 63.1 Å². The van der Waals surface area contributed by atoms with Crippen LogP contribution in [0.3, 0.4) is 0 Å². The zero-order chi connectivity index (χ0) is 15.0. The van der Waals surface area contributed by atoms with Crippen LogP contribution in [0.25, 0.3) is 0 Å². The van der Waals surface area contributed by atoms with Crippen LogP contribution in [0.4, 0.5) is 5.69 Å². The van der Waals surface area contributed by atoms with Gasteiger partial charge in [0, 0.05) is 22.2 Å². The summed E-state index contributed by atoms with van der Waals surface area (Å²) in [6.07, 6.45) is -0.0730. The minimum Gasteiger partial charge on any atom is -0.388 e. The number of anilines is 1. The molecular formula is C16H13Cl2NO2. The molecule has 1 atom stereocenters. The number of nitrogens with one attached hydrogen (secondary N) is 1. The highest BCUT2D eigenvalue weighted by Gasteiger charge is 2.22. The van der Waals surface area contributed by atoms with Crippen LogP contribution in [0.15, 0.2) is 36.4 Å². The van der Waals surface area contributed by atoms with Crippen molar-refractivity contribution < 1.29 is 9.90 Å². The van der Waals surface area contributed by atoms with Gasteiger partial charge in [-0.05, 0) is 34.9 Å². The van der Waals surface area contributed by atoms with Crippen molar-refractivity contribution in [3.8, 4) is 0 Å². The van der Waals surface area contributed by atoms with Gasteiger partial charge in [0.1, 0.15) is 0 Å². The lowest BCUT2D eigenvalue weighted by Crippen LogP contribution is -2.04. The van der Waals surface area contributed by atoms with E-state index in [2.05, 4.69) is 5.32 Å². The molecule has 1 amide bonds. The second kappa shape index (κ2) is 5.68. The third-order valence-electron chi connectivity index (χ3n) is 3.58. The third kappa shape index (κ3) is 2.91. The van der Waals surface area contributed by atoms with Crippen LogP contribution in [0.5, 0.6) is 0 Å². The molecule has 0 radical (unpaired) electrons. The molecule has 21 heavy (non-hydrogen) atoms. The molecule has 3 rings (SSSR count). The summed E-state index contributed by atoms with van der Waals surface area (Å²) in [4.78, 5) is 11.4. The summed E-state index contributed by atoms with van der Waals surface area (Å²) in [7, 11) is 0. The van der Waals surface area contributed by atoms with Gasteiger partial charge >= 0.3 is 0 Å². The molecule has 108 valence electrons. The predicted molar refractivity (Wildman–Crippen MR) is 83.9 cm³/mol. The molecule has 0 aromatic heterocycles. The molecule has 0 aliphatic carbocycles. The summed E-state index contributed by atoms with van der Waals surface area (Å²) >= 11 is 12.3. The number of hydrogen-bond donors (Lipinski definition) is 2. The Labute approximate surface area is 132 Å². The SMILES string of the molecule is O=C1Cc2cc(C(O)Cc3ccccc3Cl)c(Cl)cc2N1.